The second kappa shape index (κ2) is 8.85. The highest BCUT2D eigenvalue weighted by atomic mass is 19.1. The zero-order chi connectivity index (χ0) is 14.1. The highest BCUT2D eigenvalue weighted by molar-refractivity contribution is 5.23. The molecule has 5 heteroatoms. The molecule has 1 unspecified atom stereocenters. The molecule has 1 atom stereocenters. The molecule has 19 heavy (non-hydrogen) atoms. The highest BCUT2D eigenvalue weighted by Gasteiger charge is 2.07. The number of hydrogen-bond acceptors (Lipinski definition) is 4. The number of aliphatic hydroxyl groups is 1. The fraction of sp³-hybridized carbons (Fsp3) is 0.571. The van der Waals surface area contributed by atoms with Crippen LogP contribution < -0.4 is 10.1 Å². The molecule has 2 N–H and O–H groups in total. The maximum absolute atomic E-state index is 13.2. The molecule has 4 nitrogen and oxygen atoms in total. The van der Waals surface area contributed by atoms with Crippen molar-refractivity contribution in [2.75, 3.05) is 39.8 Å². The first kappa shape index (κ1) is 15.9. The molecule has 0 saturated carbocycles. The molecule has 0 saturated heterocycles. The molecule has 0 spiro atoms. The lowest BCUT2D eigenvalue weighted by atomic mass is 10.3. The van der Waals surface area contributed by atoms with Gasteiger partial charge >= 0.3 is 0 Å². The minimum absolute atomic E-state index is 0.0809. The smallest absolute Gasteiger partial charge is 0.165 e. The number of nitrogens with one attached hydrogen (secondary N) is 1. The molecule has 0 bridgehead atoms. The van der Waals surface area contributed by atoms with Crippen molar-refractivity contribution in [1.29, 1.82) is 0 Å². The van der Waals surface area contributed by atoms with Gasteiger partial charge < -0.3 is 20.1 Å². The van der Waals surface area contributed by atoms with Gasteiger partial charge in [-0.2, -0.15) is 0 Å². The molecule has 0 heterocycles. The Hall–Kier alpha value is -1.17. The average molecular weight is 270 g/mol. The van der Waals surface area contributed by atoms with E-state index in [-0.39, 0.29) is 12.4 Å². The van der Waals surface area contributed by atoms with Crippen LogP contribution in [0, 0.1) is 5.82 Å². The number of halogens is 1. The van der Waals surface area contributed by atoms with Crippen molar-refractivity contribution in [3.05, 3.63) is 30.1 Å². The summed E-state index contributed by atoms with van der Waals surface area (Å²) in [6.45, 7) is 5.35. The third-order valence-electron chi connectivity index (χ3n) is 2.86. The molecule has 1 rings (SSSR count). The average Bonchev–Trinajstić information content (AvgIpc) is 2.42. The van der Waals surface area contributed by atoms with Crippen LogP contribution in [0.2, 0.25) is 0 Å². The number of aliphatic hydroxyl groups excluding tert-OH is 1. The van der Waals surface area contributed by atoms with Crippen LogP contribution in [-0.2, 0) is 0 Å². The lowest BCUT2D eigenvalue weighted by molar-refractivity contribution is 0.104. The molecule has 0 aliphatic heterocycles. The largest absolute Gasteiger partial charge is 0.488 e. The summed E-state index contributed by atoms with van der Waals surface area (Å²) >= 11 is 0. The van der Waals surface area contributed by atoms with Crippen molar-refractivity contribution in [1.82, 2.24) is 10.2 Å². The Bertz CT molecular complexity index is 363. The molecule has 108 valence electrons. The molecule has 1 aromatic carbocycles. The van der Waals surface area contributed by atoms with Crippen molar-refractivity contribution in [2.24, 2.45) is 0 Å². The van der Waals surface area contributed by atoms with Gasteiger partial charge in [-0.05, 0) is 25.7 Å². The number of para-hydroxylation sites is 1. The third kappa shape index (κ3) is 6.52. The van der Waals surface area contributed by atoms with E-state index in [2.05, 4.69) is 17.1 Å². The van der Waals surface area contributed by atoms with Gasteiger partial charge in [0.15, 0.2) is 11.6 Å². The van der Waals surface area contributed by atoms with E-state index >= 15 is 0 Å². The predicted octanol–water partition coefficient (Wildman–Crippen LogP) is 1.11. The summed E-state index contributed by atoms with van der Waals surface area (Å²) in [5.41, 5.74) is 0. The van der Waals surface area contributed by atoms with Gasteiger partial charge in [0.2, 0.25) is 0 Å². The molecular weight excluding hydrogens is 247 g/mol. The first-order valence-electron chi connectivity index (χ1n) is 6.58. The Labute approximate surface area is 114 Å². The summed E-state index contributed by atoms with van der Waals surface area (Å²) in [4.78, 5) is 2.18. The fourth-order valence-corrected chi connectivity index (χ4v) is 1.50. The lowest BCUT2D eigenvalue weighted by Crippen LogP contribution is -2.36. The van der Waals surface area contributed by atoms with Gasteiger partial charge in [-0.3, -0.25) is 0 Å². The van der Waals surface area contributed by atoms with E-state index in [9.17, 15) is 9.50 Å². The number of rotatable bonds is 9. The summed E-state index contributed by atoms with van der Waals surface area (Å²) in [7, 11) is 2.04. The van der Waals surface area contributed by atoms with E-state index in [0.717, 1.165) is 19.6 Å². The van der Waals surface area contributed by atoms with Gasteiger partial charge in [0.1, 0.15) is 12.7 Å². The van der Waals surface area contributed by atoms with E-state index in [1.165, 1.54) is 6.07 Å². The SMILES string of the molecule is CCN(C)CCNCC(O)COc1ccccc1F. The molecular formula is C14H23FN2O2. The zero-order valence-corrected chi connectivity index (χ0v) is 11.6. The Morgan fingerprint density at radius 3 is 2.84 bits per heavy atom. The molecule has 0 aliphatic rings. The molecule has 1 aromatic rings. The van der Waals surface area contributed by atoms with Crippen LogP contribution in [0.5, 0.6) is 5.75 Å². The Morgan fingerprint density at radius 2 is 2.16 bits per heavy atom. The summed E-state index contributed by atoms with van der Waals surface area (Å²) in [5, 5.41) is 12.8. The van der Waals surface area contributed by atoms with Crippen molar-refractivity contribution in [3.63, 3.8) is 0 Å². The van der Waals surface area contributed by atoms with Gasteiger partial charge in [0, 0.05) is 19.6 Å². The molecule has 0 radical (unpaired) electrons. The summed E-state index contributed by atoms with van der Waals surface area (Å²) < 4.78 is 18.5. The second-order valence-corrected chi connectivity index (χ2v) is 4.50. The predicted molar refractivity (Wildman–Crippen MR) is 73.9 cm³/mol. The maximum Gasteiger partial charge on any atom is 0.165 e. The van der Waals surface area contributed by atoms with Crippen LogP contribution >= 0.6 is 0 Å². The summed E-state index contributed by atoms with van der Waals surface area (Å²) in [5.74, 6) is -0.237. The fourth-order valence-electron chi connectivity index (χ4n) is 1.50. The van der Waals surface area contributed by atoms with Crippen molar-refractivity contribution >= 4 is 0 Å². The summed E-state index contributed by atoms with van der Waals surface area (Å²) in [6, 6.07) is 6.18. The molecule has 0 amide bonds. The van der Waals surface area contributed by atoms with Crippen molar-refractivity contribution in [2.45, 2.75) is 13.0 Å². The first-order valence-corrected chi connectivity index (χ1v) is 6.58. The second-order valence-electron chi connectivity index (χ2n) is 4.50. The van der Waals surface area contributed by atoms with E-state index < -0.39 is 11.9 Å². The third-order valence-corrected chi connectivity index (χ3v) is 2.86. The highest BCUT2D eigenvalue weighted by Crippen LogP contribution is 2.15. The Morgan fingerprint density at radius 1 is 1.42 bits per heavy atom. The number of likely N-dealkylation sites (N-methyl/N-ethyl adjacent to an activating group) is 1. The number of nitrogens with zero attached hydrogens (tertiary/aromatic N) is 1. The minimum atomic E-state index is -0.647. The first-order chi connectivity index (χ1) is 9.13. The van der Waals surface area contributed by atoms with Crippen molar-refractivity contribution in [3.8, 4) is 5.75 Å². The van der Waals surface area contributed by atoms with E-state index in [1.54, 1.807) is 18.2 Å². The van der Waals surface area contributed by atoms with Gasteiger partial charge in [0.25, 0.3) is 0 Å². The van der Waals surface area contributed by atoms with Crippen LogP contribution in [0.3, 0.4) is 0 Å². The zero-order valence-electron chi connectivity index (χ0n) is 11.6. The van der Waals surface area contributed by atoms with Crippen LogP contribution in [0.15, 0.2) is 24.3 Å². The van der Waals surface area contributed by atoms with Gasteiger partial charge in [-0.1, -0.05) is 19.1 Å². The number of benzene rings is 1. The molecule has 0 aliphatic carbocycles. The Balaban J connectivity index is 2.14. The van der Waals surface area contributed by atoms with E-state index in [0.29, 0.717) is 6.54 Å². The van der Waals surface area contributed by atoms with Gasteiger partial charge in [-0.15, -0.1) is 0 Å². The quantitative estimate of drug-likeness (QED) is 0.660. The molecule has 0 aromatic heterocycles. The molecule has 0 fully saturated rings. The van der Waals surface area contributed by atoms with E-state index in [4.69, 9.17) is 4.74 Å². The van der Waals surface area contributed by atoms with Crippen molar-refractivity contribution < 1.29 is 14.2 Å². The van der Waals surface area contributed by atoms with Crippen LogP contribution in [0.4, 0.5) is 4.39 Å². The van der Waals surface area contributed by atoms with Gasteiger partial charge in [-0.25, -0.2) is 4.39 Å². The normalized spacial score (nSPS) is 12.7. The number of ether oxygens (including phenoxy) is 1. The van der Waals surface area contributed by atoms with Crippen LogP contribution in [0.1, 0.15) is 6.92 Å². The standard InChI is InChI=1S/C14H23FN2O2/c1-3-17(2)9-8-16-10-12(18)11-19-14-7-5-4-6-13(14)15/h4-7,12,16,18H,3,8-11H2,1-2H3. The number of hydrogen-bond donors (Lipinski definition) is 2. The topological polar surface area (TPSA) is 44.7 Å². The Kier molecular flexibility index (Phi) is 7.40. The maximum atomic E-state index is 13.2. The lowest BCUT2D eigenvalue weighted by Gasteiger charge is -2.16. The van der Waals surface area contributed by atoms with Crippen LogP contribution in [-0.4, -0.2) is 55.9 Å². The van der Waals surface area contributed by atoms with Crippen LogP contribution in [0.25, 0.3) is 0 Å². The van der Waals surface area contributed by atoms with Gasteiger partial charge in [0.05, 0.1) is 0 Å². The summed E-state index contributed by atoms with van der Waals surface area (Å²) in [6.07, 6.45) is -0.647. The monoisotopic (exact) mass is 270 g/mol. The van der Waals surface area contributed by atoms with E-state index in [1.807, 2.05) is 7.05 Å². The minimum Gasteiger partial charge on any atom is -0.488 e.